The second kappa shape index (κ2) is 5.50. The van der Waals surface area contributed by atoms with Gasteiger partial charge in [0.05, 0.1) is 0 Å². The van der Waals surface area contributed by atoms with Crippen molar-refractivity contribution in [3.8, 4) is 0 Å². The quantitative estimate of drug-likeness (QED) is 0.729. The topological polar surface area (TPSA) is 52.3 Å². The Labute approximate surface area is 92.4 Å². The van der Waals surface area contributed by atoms with Gasteiger partial charge in [0, 0.05) is 12.0 Å². The average Bonchev–Trinajstić information content (AvgIpc) is 2.15. The normalized spacial score (nSPS) is 18.9. The number of hydrogen-bond acceptors (Lipinski definition) is 3. The minimum absolute atomic E-state index is 0.0829. The maximum atomic E-state index is 11.5. The molecule has 0 aromatic carbocycles. The van der Waals surface area contributed by atoms with Crippen molar-refractivity contribution in [3.63, 3.8) is 0 Å². The summed E-state index contributed by atoms with van der Waals surface area (Å²) in [4.78, 5) is 11.5. The smallest absolute Gasteiger partial charge is 0.306 e. The summed E-state index contributed by atoms with van der Waals surface area (Å²) < 4.78 is 5.39. The number of ether oxygens (including phenoxy) is 1. The third kappa shape index (κ3) is 5.78. The van der Waals surface area contributed by atoms with Crippen molar-refractivity contribution in [2.24, 2.45) is 5.73 Å². The molecule has 0 atom stereocenters. The lowest BCUT2D eigenvalue weighted by molar-refractivity contribution is -0.150. The van der Waals surface area contributed by atoms with E-state index in [0.717, 1.165) is 12.8 Å². The SMILES string of the molecule is CC(C)(N)CCC(=O)OC1CCCCC1. The summed E-state index contributed by atoms with van der Waals surface area (Å²) in [6.07, 6.45) is 7.06. The van der Waals surface area contributed by atoms with Gasteiger partial charge in [-0.25, -0.2) is 0 Å². The second-order valence-electron chi connectivity index (χ2n) is 5.24. The zero-order chi connectivity index (χ0) is 11.3. The molecular weight excluding hydrogens is 190 g/mol. The van der Waals surface area contributed by atoms with Crippen molar-refractivity contribution in [1.29, 1.82) is 0 Å². The second-order valence-corrected chi connectivity index (χ2v) is 5.24. The molecule has 2 N–H and O–H groups in total. The molecule has 0 saturated heterocycles. The fourth-order valence-corrected chi connectivity index (χ4v) is 1.85. The van der Waals surface area contributed by atoms with E-state index in [0.29, 0.717) is 12.8 Å². The van der Waals surface area contributed by atoms with Crippen molar-refractivity contribution in [3.05, 3.63) is 0 Å². The zero-order valence-electron chi connectivity index (χ0n) is 9.92. The molecular formula is C12H23NO2. The molecule has 1 aliphatic rings. The van der Waals surface area contributed by atoms with Crippen molar-refractivity contribution < 1.29 is 9.53 Å². The Morgan fingerprint density at radius 3 is 2.47 bits per heavy atom. The lowest BCUT2D eigenvalue weighted by Crippen LogP contribution is -2.33. The molecule has 0 radical (unpaired) electrons. The lowest BCUT2D eigenvalue weighted by Gasteiger charge is -2.23. The van der Waals surface area contributed by atoms with Crippen LogP contribution in [0.3, 0.4) is 0 Å². The summed E-state index contributed by atoms with van der Waals surface area (Å²) in [7, 11) is 0. The molecule has 0 heterocycles. The molecule has 15 heavy (non-hydrogen) atoms. The van der Waals surface area contributed by atoms with Crippen molar-refractivity contribution >= 4 is 5.97 Å². The lowest BCUT2D eigenvalue weighted by atomic mass is 9.97. The van der Waals surface area contributed by atoms with Gasteiger partial charge in [0.25, 0.3) is 0 Å². The van der Waals surface area contributed by atoms with Crippen LogP contribution >= 0.6 is 0 Å². The summed E-state index contributed by atoms with van der Waals surface area (Å²) in [5.41, 5.74) is 5.54. The largest absolute Gasteiger partial charge is 0.462 e. The third-order valence-corrected chi connectivity index (χ3v) is 2.82. The molecule has 3 heteroatoms. The first-order valence-electron chi connectivity index (χ1n) is 5.96. The van der Waals surface area contributed by atoms with Gasteiger partial charge >= 0.3 is 5.97 Å². The number of carbonyl (C=O) groups is 1. The Balaban J connectivity index is 2.17. The van der Waals surface area contributed by atoms with E-state index in [9.17, 15) is 4.79 Å². The van der Waals surface area contributed by atoms with Crippen LogP contribution in [0.1, 0.15) is 58.8 Å². The Hall–Kier alpha value is -0.570. The Morgan fingerprint density at radius 1 is 1.33 bits per heavy atom. The van der Waals surface area contributed by atoms with E-state index < -0.39 is 0 Å². The molecule has 0 aromatic rings. The van der Waals surface area contributed by atoms with Crippen molar-refractivity contribution in [2.45, 2.75) is 70.4 Å². The predicted octanol–water partition coefficient (Wildman–Crippen LogP) is 2.38. The highest BCUT2D eigenvalue weighted by Crippen LogP contribution is 2.21. The number of hydrogen-bond donors (Lipinski definition) is 1. The summed E-state index contributed by atoms with van der Waals surface area (Å²) in [6.45, 7) is 3.86. The molecule has 0 bridgehead atoms. The van der Waals surface area contributed by atoms with Crippen LogP contribution < -0.4 is 5.73 Å². The van der Waals surface area contributed by atoms with Crippen LogP contribution in [0.15, 0.2) is 0 Å². The van der Waals surface area contributed by atoms with E-state index in [1.165, 1.54) is 19.3 Å². The molecule has 1 aliphatic carbocycles. The third-order valence-electron chi connectivity index (χ3n) is 2.82. The van der Waals surface area contributed by atoms with E-state index in [1.807, 2.05) is 13.8 Å². The Kier molecular flexibility index (Phi) is 4.58. The fraction of sp³-hybridized carbons (Fsp3) is 0.917. The molecule has 88 valence electrons. The molecule has 0 spiro atoms. The zero-order valence-corrected chi connectivity index (χ0v) is 9.92. The summed E-state index contributed by atoms with van der Waals surface area (Å²) >= 11 is 0. The average molecular weight is 213 g/mol. The molecule has 1 fully saturated rings. The van der Waals surface area contributed by atoms with E-state index in [2.05, 4.69) is 0 Å². The number of nitrogens with two attached hydrogens (primary N) is 1. The molecule has 0 aromatic heterocycles. The first-order chi connectivity index (χ1) is 6.97. The first kappa shape index (κ1) is 12.5. The monoisotopic (exact) mass is 213 g/mol. The van der Waals surface area contributed by atoms with Gasteiger partial charge in [-0.15, -0.1) is 0 Å². The van der Waals surface area contributed by atoms with E-state index in [4.69, 9.17) is 10.5 Å². The first-order valence-corrected chi connectivity index (χ1v) is 5.96. The van der Waals surface area contributed by atoms with Gasteiger partial charge < -0.3 is 10.5 Å². The van der Waals surface area contributed by atoms with Gasteiger partial charge in [-0.2, -0.15) is 0 Å². The highest BCUT2D eigenvalue weighted by atomic mass is 16.5. The van der Waals surface area contributed by atoms with Gasteiger partial charge in [0.15, 0.2) is 0 Å². The van der Waals surface area contributed by atoms with Crippen molar-refractivity contribution in [2.75, 3.05) is 0 Å². The van der Waals surface area contributed by atoms with E-state index in [-0.39, 0.29) is 17.6 Å². The Bertz CT molecular complexity index is 202. The van der Waals surface area contributed by atoms with Crippen LogP contribution in [0.5, 0.6) is 0 Å². The molecule has 0 unspecified atom stereocenters. The van der Waals surface area contributed by atoms with E-state index >= 15 is 0 Å². The highest BCUT2D eigenvalue weighted by molar-refractivity contribution is 5.69. The highest BCUT2D eigenvalue weighted by Gasteiger charge is 2.19. The van der Waals surface area contributed by atoms with Crippen LogP contribution in [0.4, 0.5) is 0 Å². The Morgan fingerprint density at radius 2 is 1.93 bits per heavy atom. The van der Waals surface area contributed by atoms with Gasteiger partial charge in [0.1, 0.15) is 6.10 Å². The van der Waals surface area contributed by atoms with Gasteiger partial charge in [-0.1, -0.05) is 6.42 Å². The van der Waals surface area contributed by atoms with Crippen molar-refractivity contribution in [1.82, 2.24) is 0 Å². The molecule has 0 aliphatic heterocycles. The van der Waals surface area contributed by atoms with Crippen LogP contribution in [0.2, 0.25) is 0 Å². The van der Waals surface area contributed by atoms with Crippen LogP contribution in [0, 0.1) is 0 Å². The van der Waals surface area contributed by atoms with Crippen LogP contribution in [-0.4, -0.2) is 17.6 Å². The predicted molar refractivity (Wildman–Crippen MR) is 60.5 cm³/mol. The molecule has 3 nitrogen and oxygen atoms in total. The molecule has 1 saturated carbocycles. The molecule has 0 amide bonds. The standard InChI is InChI=1S/C12H23NO2/c1-12(2,13)9-8-11(14)15-10-6-4-3-5-7-10/h10H,3-9,13H2,1-2H3. The minimum atomic E-state index is -0.272. The van der Waals surface area contributed by atoms with Crippen LogP contribution in [-0.2, 0) is 9.53 Å². The summed E-state index contributed by atoms with van der Waals surface area (Å²) in [6, 6.07) is 0. The van der Waals surface area contributed by atoms with Gasteiger partial charge in [-0.3, -0.25) is 4.79 Å². The summed E-state index contributed by atoms with van der Waals surface area (Å²) in [5.74, 6) is -0.0829. The minimum Gasteiger partial charge on any atom is -0.462 e. The fourth-order valence-electron chi connectivity index (χ4n) is 1.85. The number of carbonyl (C=O) groups excluding carboxylic acids is 1. The maximum absolute atomic E-state index is 11.5. The van der Waals surface area contributed by atoms with Gasteiger partial charge in [0.2, 0.25) is 0 Å². The number of rotatable bonds is 4. The molecule has 1 rings (SSSR count). The summed E-state index contributed by atoms with van der Waals surface area (Å²) in [5, 5.41) is 0. The maximum Gasteiger partial charge on any atom is 0.306 e. The van der Waals surface area contributed by atoms with E-state index in [1.54, 1.807) is 0 Å². The van der Waals surface area contributed by atoms with Crippen LogP contribution in [0.25, 0.3) is 0 Å². The number of esters is 1. The van der Waals surface area contributed by atoms with Gasteiger partial charge in [-0.05, 0) is 46.0 Å².